The van der Waals surface area contributed by atoms with Crippen molar-refractivity contribution < 1.29 is 17.9 Å². The van der Waals surface area contributed by atoms with Gasteiger partial charge < -0.3 is 10.4 Å². The average molecular weight is 420 g/mol. The first kappa shape index (κ1) is 19.7. The van der Waals surface area contributed by atoms with E-state index < -0.39 is 28.0 Å². The fraction of sp³-hybridized carbons (Fsp3) is 0.389. The number of aliphatic hydroxyl groups excluding tert-OH is 1. The molecule has 0 radical (unpaired) electrons. The lowest BCUT2D eigenvalue weighted by Crippen LogP contribution is -2.51. The summed E-state index contributed by atoms with van der Waals surface area (Å²) in [5, 5.41) is 17.8. The Morgan fingerprint density at radius 2 is 2.14 bits per heavy atom. The molecule has 3 aromatic rings. The summed E-state index contributed by atoms with van der Waals surface area (Å²) in [4.78, 5) is 8.57. The number of aryl methyl sites for hydroxylation is 1. The van der Waals surface area contributed by atoms with Crippen molar-refractivity contribution in [3.63, 3.8) is 0 Å². The van der Waals surface area contributed by atoms with Gasteiger partial charge in [-0.3, -0.25) is 4.98 Å². The number of sulfonamides is 1. The molecule has 3 aromatic heterocycles. The predicted octanol–water partition coefficient (Wildman–Crippen LogP) is 1.05. The topological polar surface area (TPSA) is 113 Å². The zero-order chi connectivity index (χ0) is 20.8. The van der Waals surface area contributed by atoms with Crippen LogP contribution in [0.2, 0.25) is 0 Å². The molecule has 0 amide bonds. The van der Waals surface area contributed by atoms with Gasteiger partial charge >= 0.3 is 0 Å². The number of aromatic nitrogens is 4. The lowest BCUT2D eigenvalue weighted by molar-refractivity contribution is 0.0950. The maximum absolute atomic E-state index is 14.3. The third kappa shape index (κ3) is 3.93. The van der Waals surface area contributed by atoms with Crippen LogP contribution in [0.15, 0.2) is 30.5 Å². The summed E-state index contributed by atoms with van der Waals surface area (Å²) >= 11 is 0. The van der Waals surface area contributed by atoms with Crippen LogP contribution < -0.4 is 5.32 Å². The highest BCUT2D eigenvalue weighted by atomic mass is 32.2. The van der Waals surface area contributed by atoms with Gasteiger partial charge in [0.1, 0.15) is 5.52 Å². The normalized spacial score (nSPS) is 20.8. The molecule has 1 saturated heterocycles. The molecule has 11 heteroatoms. The minimum Gasteiger partial charge on any atom is -0.390 e. The Morgan fingerprint density at radius 3 is 2.83 bits per heavy atom. The standard InChI is InChI=1S/C18H21FN6O3S/c1-11-4-3-5-13(21-11)15-8-12(19)16-9-20-18(23-25(15)16)22-14-6-7-24(10-17(14)26)29(2,27)28/h3-5,8-9,14,17,26H,6-7,10H2,1-2H3,(H,22,23)/t14-,17-/m1/s1. The number of β-amino-alcohol motifs (C(OH)–C–C–N with tert-alkyl or cyclic N) is 1. The van der Waals surface area contributed by atoms with Gasteiger partial charge in [0, 0.05) is 24.8 Å². The first-order valence-corrected chi connectivity index (χ1v) is 11.0. The second-order valence-corrected chi connectivity index (χ2v) is 9.13. The van der Waals surface area contributed by atoms with Gasteiger partial charge in [0.05, 0.1) is 36.0 Å². The SMILES string of the molecule is Cc1cccc(-c2cc(F)c3cnc(N[C@@H]4CCN(S(C)(=O)=O)C[C@H]4O)nn23)n1. The van der Waals surface area contributed by atoms with Gasteiger partial charge in [-0.05, 0) is 25.5 Å². The highest BCUT2D eigenvalue weighted by Crippen LogP contribution is 2.24. The Balaban J connectivity index is 1.62. The zero-order valence-electron chi connectivity index (χ0n) is 15.9. The van der Waals surface area contributed by atoms with Crippen molar-refractivity contribution in [2.45, 2.75) is 25.5 Å². The Morgan fingerprint density at radius 1 is 1.34 bits per heavy atom. The molecule has 29 heavy (non-hydrogen) atoms. The average Bonchev–Trinajstić information content (AvgIpc) is 2.99. The first-order valence-electron chi connectivity index (χ1n) is 9.10. The van der Waals surface area contributed by atoms with E-state index in [1.165, 1.54) is 21.1 Å². The van der Waals surface area contributed by atoms with E-state index in [2.05, 4.69) is 20.4 Å². The molecule has 1 aliphatic rings. The van der Waals surface area contributed by atoms with E-state index in [-0.39, 0.29) is 24.6 Å². The van der Waals surface area contributed by atoms with Crippen molar-refractivity contribution in [2.24, 2.45) is 0 Å². The molecule has 0 bridgehead atoms. The summed E-state index contributed by atoms with van der Waals surface area (Å²) < 4.78 is 40.3. The number of anilines is 1. The van der Waals surface area contributed by atoms with Crippen LogP contribution in [-0.4, -0.2) is 68.9 Å². The Hall–Kier alpha value is -2.63. The highest BCUT2D eigenvalue weighted by Gasteiger charge is 2.32. The number of pyridine rings is 1. The molecule has 0 aliphatic carbocycles. The predicted molar refractivity (Wildman–Crippen MR) is 105 cm³/mol. The van der Waals surface area contributed by atoms with Crippen LogP contribution in [-0.2, 0) is 10.0 Å². The van der Waals surface area contributed by atoms with Crippen molar-refractivity contribution in [1.29, 1.82) is 0 Å². The van der Waals surface area contributed by atoms with Crippen LogP contribution in [0.5, 0.6) is 0 Å². The molecule has 1 fully saturated rings. The molecule has 0 saturated carbocycles. The number of hydrogen-bond donors (Lipinski definition) is 2. The van der Waals surface area contributed by atoms with Gasteiger partial charge in [0.2, 0.25) is 16.0 Å². The van der Waals surface area contributed by atoms with Crippen molar-refractivity contribution >= 4 is 21.5 Å². The van der Waals surface area contributed by atoms with Crippen molar-refractivity contribution in [3.8, 4) is 11.4 Å². The molecule has 2 atom stereocenters. The minimum atomic E-state index is -3.36. The number of nitrogens with zero attached hydrogens (tertiary/aromatic N) is 5. The highest BCUT2D eigenvalue weighted by molar-refractivity contribution is 7.88. The molecule has 154 valence electrons. The fourth-order valence-corrected chi connectivity index (χ4v) is 4.29. The molecule has 0 unspecified atom stereocenters. The smallest absolute Gasteiger partial charge is 0.241 e. The van der Waals surface area contributed by atoms with Gasteiger partial charge in [-0.25, -0.2) is 22.3 Å². The van der Waals surface area contributed by atoms with E-state index in [0.29, 0.717) is 17.8 Å². The number of nitrogens with one attached hydrogen (secondary N) is 1. The molecule has 9 nitrogen and oxygen atoms in total. The summed E-state index contributed by atoms with van der Waals surface area (Å²) in [6.07, 6.45) is 1.95. The van der Waals surface area contributed by atoms with E-state index >= 15 is 0 Å². The van der Waals surface area contributed by atoms with E-state index in [1.54, 1.807) is 6.07 Å². The second-order valence-electron chi connectivity index (χ2n) is 7.15. The summed E-state index contributed by atoms with van der Waals surface area (Å²) in [6.45, 7) is 2.13. The summed E-state index contributed by atoms with van der Waals surface area (Å²) in [5.74, 6) is -0.254. The van der Waals surface area contributed by atoms with Crippen molar-refractivity contribution in [1.82, 2.24) is 23.9 Å². The Bertz CT molecular complexity index is 1170. The molecule has 1 aliphatic heterocycles. The molecular formula is C18H21FN6O3S. The molecule has 4 rings (SSSR count). The summed E-state index contributed by atoms with van der Waals surface area (Å²) in [5.41, 5.74) is 2.07. The van der Waals surface area contributed by atoms with E-state index in [0.717, 1.165) is 11.9 Å². The summed E-state index contributed by atoms with van der Waals surface area (Å²) in [6, 6.07) is 6.39. The van der Waals surface area contributed by atoms with Gasteiger partial charge in [-0.2, -0.15) is 4.31 Å². The number of hydrogen-bond acceptors (Lipinski definition) is 7. The van der Waals surface area contributed by atoms with Crippen LogP contribution in [0.1, 0.15) is 12.1 Å². The molecule has 2 N–H and O–H groups in total. The van der Waals surface area contributed by atoms with Crippen LogP contribution in [0.4, 0.5) is 10.3 Å². The second kappa shape index (κ2) is 7.32. The lowest BCUT2D eigenvalue weighted by Gasteiger charge is -2.34. The van der Waals surface area contributed by atoms with E-state index in [9.17, 15) is 17.9 Å². The monoisotopic (exact) mass is 420 g/mol. The molecule has 4 heterocycles. The number of rotatable bonds is 4. The zero-order valence-corrected chi connectivity index (χ0v) is 16.8. The van der Waals surface area contributed by atoms with Crippen molar-refractivity contribution in [3.05, 3.63) is 42.0 Å². The number of piperidine rings is 1. The maximum atomic E-state index is 14.3. The van der Waals surface area contributed by atoms with E-state index in [4.69, 9.17) is 0 Å². The molecule has 0 spiro atoms. The van der Waals surface area contributed by atoms with Crippen molar-refractivity contribution in [2.75, 3.05) is 24.7 Å². The Labute approximate surface area is 167 Å². The number of aliphatic hydroxyl groups is 1. The molecule has 0 aromatic carbocycles. The lowest BCUT2D eigenvalue weighted by atomic mass is 10.0. The minimum absolute atomic E-state index is 0.00461. The number of halogens is 1. The van der Waals surface area contributed by atoms with Gasteiger partial charge in [0.15, 0.2) is 5.82 Å². The molecular weight excluding hydrogens is 399 g/mol. The fourth-order valence-electron chi connectivity index (χ4n) is 3.43. The Kier molecular flexibility index (Phi) is 4.97. The number of fused-ring (bicyclic) bond motifs is 1. The van der Waals surface area contributed by atoms with Crippen LogP contribution in [0.25, 0.3) is 16.9 Å². The van der Waals surface area contributed by atoms with Crippen LogP contribution in [0, 0.1) is 12.7 Å². The van der Waals surface area contributed by atoms with Crippen LogP contribution in [0.3, 0.4) is 0 Å². The van der Waals surface area contributed by atoms with Gasteiger partial charge in [-0.15, -0.1) is 5.10 Å². The largest absolute Gasteiger partial charge is 0.390 e. The first-order chi connectivity index (χ1) is 13.7. The maximum Gasteiger partial charge on any atom is 0.241 e. The quantitative estimate of drug-likeness (QED) is 0.649. The van der Waals surface area contributed by atoms with E-state index in [1.807, 2.05) is 19.1 Å². The van der Waals surface area contributed by atoms with Crippen LogP contribution >= 0.6 is 0 Å². The third-order valence-corrected chi connectivity index (χ3v) is 6.22. The van der Waals surface area contributed by atoms with Gasteiger partial charge in [-0.1, -0.05) is 6.07 Å². The summed E-state index contributed by atoms with van der Waals surface area (Å²) in [7, 11) is -3.36. The van der Waals surface area contributed by atoms with Gasteiger partial charge in [0.25, 0.3) is 0 Å². The third-order valence-electron chi connectivity index (χ3n) is 4.95.